The van der Waals surface area contributed by atoms with Crippen molar-refractivity contribution >= 4 is 17.5 Å². The summed E-state index contributed by atoms with van der Waals surface area (Å²) in [5.74, 6) is 2.62. The van der Waals surface area contributed by atoms with Crippen LogP contribution in [-0.4, -0.2) is 40.5 Å². The Labute approximate surface area is 173 Å². The molecule has 1 fully saturated rings. The van der Waals surface area contributed by atoms with Crippen LogP contribution in [0, 0.1) is 26.7 Å². The molecular weight excluding hydrogens is 362 g/mol. The maximum absolute atomic E-state index is 13.0. The molecule has 0 aliphatic carbocycles. The molecule has 154 valence electrons. The summed E-state index contributed by atoms with van der Waals surface area (Å²) in [6, 6.07) is 6.04. The van der Waals surface area contributed by atoms with Crippen LogP contribution in [-0.2, 0) is 13.0 Å². The number of benzene rings is 1. The summed E-state index contributed by atoms with van der Waals surface area (Å²) in [4.78, 5) is 26.7. The van der Waals surface area contributed by atoms with Crippen LogP contribution in [0.25, 0.3) is 0 Å². The summed E-state index contributed by atoms with van der Waals surface area (Å²) >= 11 is 0. The summed E-state index contributed by atoms with van der Waals surface area (Å²) in [6.07, 6.45) is 3.15. The Bertz CT molecular complexity index is 918. The number of nitrogens with one attached hydrogen (secondary N) is 1. The van der Waals surface area contributed by atoms with Crippen molar-refractivity contribution in [3.8, 4) is 0 Å². The van der Waals surface area contributed by atoms with Crippen LogP contribution in [0.4, 0.5) is 16.3 Å². The highest BCUT2D eigenvalue weighted by atomic mass is 16.2. The van der Waals surface area contributed by atoms with Gasteiger partial charge in [0.1, 0.15) is 11.6 Å². The minimum atomic E-state index is -0.0543. The second-order valence-electron chi connectivity index (χ2n) is 8.61. The molecule has 2 aliphatic rings. The van der Waals surface area contributed by atoms with Crippen molar-refractivity contribution < 1.29 is 4.79 Å². The smallest absolute Gasteiger partial charge is 0.322 e. The summed E-state index contributed by atoms with van der Waals surface area (Å²) in [5, 5.41) is 3.09. The van der Waals surface area contributed by atoms with Gasteiger partial charge in [-0.05, 0) is 51.2 Å². The first-order valence-corrected chi connectivity index (χ1v) is 10.6. The SMILES string of the molecule is Cc1ccc(NC(=O)N2CCc3nc(C)nc(N4CCC(C)CC4)c3C2)c(C)c1. The molecule has 6 heteroatoms. The second-order valence-corrected chi connectivity index (χ2v) is 8.61. The van der Waals surface area contributed by atoms with Crippen molar-refractivity contribution in [1.82, 2.24) is 14.9 Å². The molecule has 1 aromatic carbocycles. The molecule has 1 aromatic heterocycles. The third kappa shape index (κ3) is 4.21. The number of fused-ring (bicyclic) bond motifs is 1. The number of hydrogen-bond donors (Lipinski definition) is 1. The van der Waals surface area contributed by atoms with Crippen LogP contribution in [0.15, 0.2) is 18.2 Å². The van der Waals surface area contributed by atoms with Crippen LogP contribution in [0.1, 0.15) is 48.0 Å². The van der Waals surface area contributed by atoms with Crippen molar-refractivity contribution in [1.29, 1.82) is 0 Å². The van der Waals surface area contributed by atoms with Gasteiger partial charge in [0.15, 0.2) is 0 Å². The molecule has 4 rings (SSSR count). The number of rotatable bonds is 2. The lowest BCUT2D eigenvalue weighted by atomic mass is 9.98. The average molecular weight is 394 g/mol. The fourth-order valence-electron chi connectivity index (χ4n) is 4.32. The first-order chi connectivity index (χ1) is 13.9. The van der Waals surface area contributed by atoms with E-state index in [-0.39, 0.29) is 6.03 Å². The number of urea groups is 1. The number of nitrogens with zero attached hydrogens (tertiary/aromatic N) is 4. The molecule has 0 saturated carbocycles. The van der Waals surface area contributed by atoms with Gasteiger partial charge in [-0.3, -0.25) is 0 Å². The van der Waals surface area contributed by atoms with E-state index >= 15 is 0 Å². The summed E-state index contributed by atoms with van der Waals surface area (Å²) in [6.45, 7) is 11.7. The van der Waals surface area contributed by atoms with Crippen LogP contribution >= 0.6 is 0 Å². The lowest BCUT2D eigenvalue weighted by molar-refractivity contribution is 0.206. The molecule has 2 aliphatic heterocycles. The number of hydrogen-bond acceptors (Lipinski definition) is 4. The first-order valence-electron chi connectivity index (χ1n) is 10.6. The van der Waals surface area contributed by atoms with Crippen molar-refractivity contribution in [2.75, 3.05) is 29.9 Å². The van der Waals surface area contributed by atoms with E-state index in [0.717, 1.165) is 59.6 Å². The topological polar surface area (TPSA) is 61.4 Å². The van der Waals surface area contributed by atoms with Crippen molar-refractivity contribution in [3.63, 3.8) is 0 Å². The maximum Gasteiger partial charge on any atom is 0.322 e. The molecule has 0 bridgehead atoms. The highest BCUT2D eigenvalue weighted by Crippen LogP contribution is 2.30. The molecule has 0 radical (unpaired) electrons. The predicted molar refractivity (Wildman–Crippen MR) is 116 cm³/mol. The van der Waals surface area contributed by atoms with Crippen molar-refractivity contribution in [2.24, 2.45) is 5.92 Å². The number of carbonyl (C=O) groups is 1. The quantitative estimate of drug-likeness (QED) is 0.829. The van der Waals surface area contributed by atoms with Crippen LogP contribution in [0.3, 0.4) is 0 Å². The molecule has 29 heavy (non-hydrogen) atoms. The zero-order chi connectivity index (χ0) is 20.5. The van der Waals surface area contributed by atoms with Crippen LogP contribution < -0.4 is 10.2 Å². The zero-order valence-corrected chi connectivity index (χ0v) is 18.0. The Hall–Kier alpha value is -2.63. The maximum atomic E-state index is 13.0. The molecule has 0 unspecified atom stereocenters. The number of aromatic nitrogens is 2. The monoisotopic (exact) mass is 393 g/mol. The van der Waals surface area contributed by atoms with Crippen LogP contribution in [0.2, 0.25) is 0 Å². The minimum Gasteiger partial charge on any atom is -0.356 e. The lowest BCUT2D eigenvalue weighted by Crippen LogP contribution is -2.41. The Morgan fingerprint density at radius 1 is 1.10 bits per heavy atom. The second kappa shape index (κ2) is 8.01. The third-order valence-electron chi connectivity index (χ3n) is 6.14. The summed E-state index contributed by atoms with van der Waals surface area (Å²) in [7, 11) is 0. The Morgan fingerprint density at radius 3 is 2.59 bits per heavy atom. The van der Waals surface area contributed by atoms with E-state index in [4.69, 9.17) is 4.98 Å². The Morgan fingerprint density at radius 2 is 1.86 bits per heavy atom. The van der Waals surface area contributed by atoms with Gasteiger partial charge < -0.3 is 15.1 Å². The van der Waals surface area contributed by atoms with E-state index in [9.17, 15) is 4.79 Å². The van der Waals surface area contributed by atoms with Gasteiger partial charge in [0.2, 0.25) is 0 Å². The third-order valence-corrected chi connectivity index (χ3v) is 6.14. The molecule has 2 aromatic rings. The van der Waals surface area contributed by atoms with Gasteiger partial charge in [0.05, 0.1) is 12.2 Å². The number of aryl methyl sites for hydroxylation is 3. The molecule has 0 spiro atoms. The van der Waals surface area contributed by atoms with E-state index in [2.05, 4.69) is 35.1 Å². The van der Waals surface area contributed by atoms with E-state index < -0.39 is 0 Å². The Kier molecular flexibility index (Phi) is 5.43. The number of carbonyl (C=O) groups excluding carboxylic acids is 1. The lowest BCUT2D eigenvalue weighted by Gasteiger charge is -2.36. The van der Waals surface area contributed by atoms with Gasteiger partial charge in [-0.2, -0.15) is 0 Å². The fraction of sp³-hybridized carbons (Fsp3) is 0.522. The van der Waals surface area contributed by atoms with E-state index in [1.165, 1.54) is 18.4 Å². The first kappa shape index (κ1) is 19.7. The van der Waals surface area contributed by atoms with E-state index in [1.807, 2.05) is 30.9 Å². The van der Waals surface area contributed by atoms with Crippen molar-refractivity contribution in [2.45, 2.75) is 53.5 Å². The van der Waals surface area contributed by atoms with Crippen molar-refractivity contribution in [3.05, 3.63) is 46.4 Å². The Balaban J connectivity index is 1.54. The molecule has 6 nitrogen and oxygen atoms in total. The summed E-state index contributed by atoms with van der Waals surface area (Å²) in [5.41, 5.74) is 5.36. The van der Waals surface area contributed by atoms with Gasteiger partial charge in [-0.1, -0.05) is 24.6 Å². The molecular formula is C23H31N5O. The van der Waals surface area contributed by atoms with Gasteiger partial charge in [0.25, 0.3) is 0 Å². The van der Waals surface area contributed by atoms with Gasteiger partial charge in [-0.25, -0.2) is 14.8 Å². The number of anilines is 2. The molecule has 0 atom stereocenters. The molecule has 2 amide bonds. The normalized spacial score (nSPS) is 17.2. The number of piperidine rings is 1. The van der Waals surface area contributed by atoms with Gasteiger partial charge in [-0.15, -0.1) is 0 Å². The summed E-state index contributed by atoms with van der Waals surface area (Å²) < 4.78 is 0. The zero-order valence-electron chi connectivity index (χ0n) is 18.0. The molecule has 1 saturated heterocycles. The fourth-order valence-corrected chi connectivity index (χ4v) is 4.32. The predicted octanol–water partition coefficient (Wildman–Crippen LogP) is 4.23. The minimum absolute atomic E-state index is 0.0543. The standard InChI is InChI=1S/C23H31N5O/c1-15-7-10-27(11-8-15)22-19-14-28(12-9-21(19)24-18(4)25-22)23(29)26-20-6-5-16(2)13-17(20)3/h5-6,13,15H,7-12,14H2,1-4H3,(H,26,29). The van der Waals surface area contributed by atoms with Gasteiger partial charge in [0, 0.05) is 37.3 Å². The number of amides is 2. The molecule has 3 heterocycles. The van der Waals surface area contributed by atoms with E-state index in [0.29, 0.717) is 13.1 Å². The van der Waals surface area contributed by atoms with Crippen LogP contribution in [0.5, 0.6) is 0 Å². The highest BCUT2D eigenvalue weighted by Gasteiger charge is 2.28. The molecule has 1 N–H and O–H groups in total. The highest BCUT2D eigenvalue weighted by molar-refractivity contribution is 5.90. The van der Waals surface area contributed by atoms with E-state index in [1.54, 1.807) is 0 Å². The van der Waals surface area contributed by atoms with Gasteiger partial charge >= 0.3 is 6.03 Å². The average Bonchev–Trinajstić information content (AvgIpc) is 2.69. The largest absolute Gasteiger partial charge is 0.356 e.